The number of anilines is 1. The third kappa shape index (κ3) is 3.22. The molecule has 4 rings (SSSR count). The highest BCUT2D eigenvalue weighted by Gasteiger charge is 2.34. The van der Waals surface area contributed by atoms with E-state index in [0.29, 0.717) is 12.4 Å². The number of carbonyl (C=O) groups is 1. The summed E-state index contributed by atoms with van der Waals surface area (Å²) in [5.41, 5.74) is 7.78. The molecule has 1 fully saturated rings. The second-order valence-corrected chi connectivity index (χ2v) is 6.04. The molecular weight excluding hydrogens is 319 g/mol. The Morgan fingerprint density at radius 3 is 2.72 bits per heavy atom. The molecule has 0 radical (unpaired) electrons. The quantitative estimate of drug-likeness (QED) is 0.688. The van der Waals surface area contributed by atoms with Crippen LogP contribution in [0.15, 0.2) is 60.7 Å². The second kappa shape index (κ2) is 6.58. The van der Waals surface area contributed by atoms with E-state index in [0.717, 1.165) is 16.5 Å². The zero-order valence-corrected chi connectivity index (χ0v) is 13.4. The van der Waals surface area contributed by atoms with Crippen LogP contribution in [0.3, 0.4) is 0 Å². The SMILES string of the molecule is O=C(Nc1ccc2ccccc2n1)C1CNNC1c1ccc(F)cc1. The number of nitrogens with zero attached hydrogens (tertiary/aromatic N) is 1. The predicted octanol–water partition coefficient (Wildman–Crippen LogP) is 2.78. The standard InChI is InChI=1S/C19H17FN4O/c20-14-8-5-13(6-9-14)18-15(11-21-24-18)19(25)23-17-10-7-12-3-1-2-4-16(12)22-17/h1-10,15,18,21,24H,11H2,(H,22,23,25). The van der Waals surface area contributed by atoms with E-state index in [4.69, 9.17) is 0 Å². The summed E-state index contributed by atoms with van der Waals surface area (Å²) in [6.45, 7) is 0.488. The highest BCUT2D eigenvalue weighted by Crippen LogP contribution is 2.26. The van der Waals surface area contributed by atoms with Gasteiger partial charge in [0.25, 0.3) is 0 Å². The van der Waals surface area contributed by atoms with E-state index in [-0.39, 0.29) is 23.7 Å². The fourth-order valence-electron chi connectivity index (χ4n) is 3.08. The van der Waals surface area contributed by atoms with Crippen LogP contribution in [0.25, 0.3) is 10.9 Å². The van der Waals surface area contributed by atoms with Crippen molar-refractivity contribution in [1.29, 1.82) is 0 Å². The van der Waals surface area contributed by atoms with Gasteiger partial charge in [0.15, 0.2) is 0 Å². The van der Waals surface area contributed by atoms with Crippen LogP contribution in [0.1, 0.15) is 11.6 Å². The van der Waals surface area contributed by atoms with Gasteiger partial charge in [0, 0.05) is 11.9 Å². The van der Waals surface area contributed by atoms with Crippen LogP contribution < -0.4 is 16.2 Å². The largest absolute Gasteiger partial charge is 0.310 e. The molecule has 3 N–H and O–H groups in total. The Balaban J connectivity index is 1.53. The fourth-order valence-corrected chi connectivity index (χ4v) is 3.08. The lowest BCUT2D eigenvalue weighted by Crippen LogP contribution is -2.30. The Bertz CT molecular complexity index is 913. The first-order chi connectivity index (χ1) is 12.2. The lowest BCUT2D eigenvalue weighted by Gasteiger charge is -2.18. The summed E-state index contributed by atoms with van der Waals surface area (Å²) in [5.74, 6) is -0.224. The monoisotopic (exact) mass is 336 g/mol. The molecule has 1 amide bonds. The maximum atomic E-state index is 13.1. The van der Waals surface area contributed by atoms with Crippen LogP contribution in [-0.2, 0) is 4.79 Å². The number of carbonyl (C=O) groups excluding carboxylic acids is 1. The van der Waals surface area contributed by atoms with Gasteiger partial charge in [-0.3, -0.25) is 10.2 Å². The molecule has 25 heavy (non-hydrogen) atoms. The lowest BCUT2D eigenvalue weighted by atomic mass is 9.94. The Hall–Kier alpha value is -2.83. The molecule has 0 aliphatic carbocycles. The Morgan fingerprint density at radius 1 is 1.08 bits per heavy atom. The molecule has 3 aromatic rings. The minimum atomic E-state index is -0.321. The summed E-state index contributed by atoms with van der Waals surface area (Å²) < 4.78 is 13.1. The van der Waals surface area contributed by atoms with Crippen LogP contribution in [0.5, 0.6) is 0 Å². The summed E-state index contributed by atoms with van der Waals surface area (Å²) in [6, 6.07) is 17.4. The van der Waals surface area contributed by atoms with Crippen LogP contribution in [-0.4, -0.2) is 17.4 Å². The molecule has 5 nitrogen and oxygen atoms in total. The molecule has 0 bridgehead atoms. The molecule has 1 aromatic heterocycles. The van der Waals surface area contributed by atoms with Crippen molar-refractivity contribution >= 4 is 22.6 Å². The number of para-hydroxylation sites is 1. The van der Waals surface area contributed by atoms with E-state index in [1.807, 2.05) is 30.3 Å². The summed E-state index contributed by atoms with van der Waals surface area (Å²) in [4.78, 5) is 17.2. The van der Waals surface area contributed by atoms with Crippen LogP contribution in [0.2, 0.25) is 0 Å². The number of hydrogen-bond acceptors (Lipinski definition) is 4. The number of rotatable bonds is 3. The first-order valence-electron chi connectivity index (χ1n) is 8.11. The Labute approximate surface area is 144 Å². The summed E-state index contributed by atoms with van der Waals surface area (Å²) in [7, 11) is 0. The minimum Gasteiger partial charge on any atom is -0.310 e. The number of hydrogen-bond donors (Lipinski definition) is 3. The highest BCUT2D eigenvalue weighted by atomic mass is 19.1. The van der Waals surface area contributed by atoms with Gasteiger partial charge in [-0.1, -0.05) is 30.3 Å². The normalized spacial score (nSPS) is 19.9. The number of pyridine rings is 1. The van der Waals surface area contributed by atoms with Crippen molar-refractivity contribution in [2.24, 2.45) is 5.92 Å². The van der Waals surface area contributed by atoms with Crippen molar-refractivity contribution < 1.29 is 9.18 Å². The second-order valence-electron chi connectivity index (χ2n) is 6.04. The van der Waals surface area contributed by atoms with E-state index < -0.39 is 0 Å². The average Bonchev–Trinajstić information content (AvgIpc) is 3.12. The van der Waals surface area contributed by atoms with Gasteiger partial charge in [-0.25, -0.2) is 14.8 Å². The number of amides is 1. The van der Waals surface area contributed by atoms with E-state index in [1.165, 1.54) is 12.1 Å². The van der Waals surface area contributed by atoms with Crippen LogP contribution in [0.4, 0.5) is 10.2 Å². The molecule has 2 atom stereocenters. The van der Waals surface area contributed by atoms with Gasteiger partial charge in [0.2, 0.25) is 5.91 Å². The maximum absolute atomic E-state index is 13.1. The van der Waals surface area contributed by atoms with Gasteiger partial charge in [0.1, 0.15) is 11.6 Å². The van der Waals surface area contributed by atoms with Crippen molar-refractivity contribution in [3.05, 3.63) is 72.0 Å². The number of fused-ring (bicyclic) bond motifs is 1. The number of halogens is 1. The topological polar surface area (TPSA) is 66.0 Å². The van der Waals surface area contributed by atoms with Crippen LogP contribution in [0, 0.1) is 11.7 Å². The van der Waals surface area contributed by atoms with Gasteiger partial charge in [-0.2, -0.15) is 0 Å². The molecule has 2 heterocycles. The van der Waals surface area contributed by atoms with E-state index in [9.17, 15) is 9.18 Å². The molecule has 2 aromatic carbocycles. The zero-order valence-electron chi connectivity index (χ0n) is 13.4. The predicted molar refractivity (Wildman–Crippen MR) is 94.1 cm³/mol. The smallest absolute Gasteiger partial charge is 0.231 e. The van der Waals surface area contributed by atoms with E-state index in [2.05, 4.69) is 21.2 Å². The summed E-state index contributed by atoms with van der Waals surface area (Å²) >= 11 is 0. The van der Waals surface area contributed by atoms with Gasteiger partial charge >= 0.3 is 0 Å². The Kier molecular flexibility index (Phi) is 4.13. The van der Waals surface area contributed by atoms with Crippen molar-refractivity contribution in [3.63, 3.8) is 0 Å². The van der Waals surface area contributed by atoms with Gasteiger partial charge in [-0.15, -0.1) is 0 Å². The summed E-state index contributed by atoms with van der Waals surface area (Å²) in [6.07, 6.45) is 0. The van der Waals surface area contributed by atoms with E-state index in [1.54, 1.807) is 18.2 Å². The Morgan fingerprint density at radius 2 is 1.88 bits per heavy atom. The molecule has 1 aliphatic rings. The van der Waals surface area contributed by atoms with Crippen molar-refractivity contribution in [2.45, 2.75) is 6.04 Å². The highest BCUT2D eigenvalue weighted by molar-refractivity contribution is 5.94. The van der Waals surface area contributed by atoms with Crippen molar-refractivity contribution in [3.8, 4) is 0 Å². The number of hydrazine groups is 1. The number of aromatic nitrogens is 1. The first kappa shape index (κ1) is 15.7. The maximum Gasteiger partial charge on any atom is 0.231 e. The number of benzene rings is 2. The van der Waals surface area contributed by atoms with E-state index >= 15 is 0 Å². The molecule has 2 unspecified atom stereocenters. The molecular formula is C19H17FN4O. The molecule has 126 valence electrons. The van der Waals surface area contributed by atoms with Gasteiger partial charge in [-0.05, 0) is 35.9 Å². The molecule has 6 heteroatoms. The average molecular weight is 336 g/mol. The third-order valence-corrected chi connectivity index (χ3v) is 4.40. The fraction of sp³-hybridized carbons (Fsp3) is 0.158. The minimum absolute atomic E-state index is 0.130. The molecule has 1 saturated heterocycles. The lowest BCUT2D eigenvalue weighted by molar-refractivity contribution is -0.119. The van der Waals surface area contributed by atoms with Crippen molar-refractivity contribution in [1.82, 2.24) is 15.8 Å². The van der Waals surface area contributed by atoms with Crippen molar-refractivity contribution in [2.75, 3.05) is 11.9 Å². The first-order valence-corrected chi connectivity index (χ1v) is 8.11. The van der Waals surface area contributed by atoms with Crippen LogP contribution >= 0.6 is 0 Å². The third-order valence-electron chi connectivity index (χ3n) is 4.40. The molecule has 1 aliphatic heterocycles. The van der Waals surface area contributed by atoms with Gasteiger partial charge < -0.3 is 5.32 Å². The zero-order chi connectivity index (χ0) is 17.2. The summed E-state index contributed by atoms with van der Waals surface area (Å²) in [5, 5.41) is 3.91. The number of nitrogens with one attached hydrogen (secondary N) is 3. The molecule has 0 saturated carbocycles. The van der Waals surface area contributed by atoms with Gasteiger partial charge in [0.05, 0.1) is 17.5 Å². The molecule has 0 spiro atoms.